The van der Waals surface area contributed by atoms with Crippen molar-refractivity contribution in [3.63, 3.8) is 0 Å². The summed E-state index contributed by atoms with van der Waals surface area (Å²) in [4.78, 5) is 9.33. The van der Waals surface area contributed by atoms with Crippen molar-refractivity contribution < 1.29 is 0 Å². The van der Waals surface area contributed by atoms with E-state index in [-0.39, 0.29) is 0 Å². The number of hydrogen-bond acceptors (Lipinski definition) is 4. The summed E-state index contributed by atoms with van der Waals surface area (Å²) in [6.07, 6.45) is 0. The van der Waals surface area contributed by atoms with Gasteiger partial charge in [0.1, 0.15) is 5.82 Å². The molecular weight excluding hydrogens is 248 g/mol. The summed E-state index contributed by atoms with van der Waals surface area (Å²) >= 11 is 6.21. The van der Waals surface area contributed by atoms with Gasteiger partial charge >= 0.3 is 0 Å². The van der Waals surface area contributed by atoms with Crippen molar-refractivity contribution in [2.75, 3.05) is 39.0 Å². The molecule has 0 radical (unpaired) electrons. The van der Waals surface area contributed by atoms with Crippen molar-refractivity contribution in [3.05, 3.63) is 22.8 Å². The van der Waals surface area contributed by atoms with Crippen LogP contribution in [0.4, 0.5) is 5.82 Å². The average Bonchev–Trinajstić information content (AvgIpc) is 2.36. The van der Waals surface area contributed by atoms with Gasteiger partial charge in [0.25, 0.3) is 0 Å². The number of anilines is 1. The standard InChI is InChI=1S/C13H21ClN4/c1-10-8-18(7-6-17(10)3)9-12-11(14)4-5-13(15-2)16-12/h4-5,10H,6-9H2,1-3H3,(H,15,16). The third-order valence-electron chi connectivity index (χ3n) is 3.59. The van der Waals surface area contributed by atoms with E-state index >= 15 is 0 Å². The van der Waals surface area contributed by atoms with Crippen LogP contribution in [-0.2, 0) is 6.54 Å². The largest absolute Gasteiger partial charge is 0.373 e. The second kappa shape index (κ2) is 5.87. The number of aromatic nitrogens is 1. The lowest BCUT2D eigenvalue weighted by molar-refractivity contribution is 0.0991. The molecule has 1 unspecified atom stereocenters. The summed E-state index contributed by atoms with van der Waals surface area (Å²) in [7, 11) is 4.05. The van der Waals surface area contributed by atoms with Crippen LogP contribution in [0.1, 0.15) is 12.6 Å². The van der Waals surface area contributed by atoms with Crippen LogP contribution in [0.15, 0.2) is 12.1 Å². The Labute approximate surface area is 114 Å². The first kappa shape index (κ1) is 13.6. The highest BCUT2D eigenvalue weighted by atomic mass is 35.5. The predicted molar refractivity (Wildman–Crippen MR) is 76.2 cm³/mol. The zero-order chi connectivity index (χ0) is 13.1. The zero-order valence-electron chi connectivity index (χ0n) is 11.3. The molecule has 1 N–H and O–H groups in total. The lowest BCUT2D eigenvalue weighted by Crippen LogP contribution is -2.49. The first-order valence-corrected chi connectivity index (χ1v) is 6.73. The molecule has 0 aromatic carbocycles. The van der Waals surface area contributed by atoms with Gasteiger partial charge in [0.2, 0.25) is 0 Å². The van der Waals surface area contributed by atoms with Crippen molar-refractivity contribution in [1.29, 1.82) is 0 Å². The van der Waals surface area contributed by atoms with Gasteiger partial charge in [-0.25, -0.2) is 4.98 Å². The van der Waals surface area contributed by atoms with E-state index < -0.39 is 0 Å². The van der Waals surface area contributed by atoms with E-state index in [1.54, 1.807) is 0 Å². The molecule has 4 nitrogen and oxygen atoms in total. The maximum absolute atomic E-state index is 6.21. The van der Waals surface area contributed by atoms with E-state index in [9.17, 15) is 0 Å². The quantitative estimate of drug-likeness (QED) is 0.908. The Morgan fingerprint density at radius 2 is 2.22 bits per heavy atom. The average molecular weight is 269 g/mol. The van der Waals surface area contributed by atoms with E-state index in [0.717, 1.165) is 42.7 Å². The Morgan fingerprint density at radius 1 is 1.44 bits per heavy atom. The summed E-state index contributed by atoms with van der Waals surface area (Å²) in [6, 6.07) is 4.40. The molecule has 0 saturated carbocycles. The third kappa shape index (κ3) is 3.13. The molecule has 0 spiro atoms. The molecule has 1 aromatic heterocycles. The number of nitrogens with one attached hydrogen (secondary N) is 1. The van der Waals surface area contributed by atoms with Crippen LogP contribution < -0.4 is 5.32 Å². The van der Waals surface area contributed by atoms with Gasteiger partial charge in [0.05, 0.1) is 10.7 Å². The maximum atomic E-state index is 6.21. The van der Waals surface area contributed by atoms with Gasteiger partial charge in [-0.15, -0.1) is 0 Å². The van der Waals surface area contributed by atoms with Gasteiger partial charge in [-0.05, 0) is 26.1 Å². The van der Waals surface area contributed by atoms with Crippen LogP contribution >= 0.6 is 11.6 Å². The number of nitrogens with zero attached hydrogens (tertiary/aromatic N) is 3. The molecule has 100 valence electrons. The Kier molecular flexibility index (Phi) is 4.43. The van der Waals surface area contributed by atoms with Gasteiger partial charge in [-0.3, -0.25) is 4.90 Å². The molecule has 1 atom stereocenters. The summed E-state index contributed by atoms with van der Waals surface area (Å²) in [6.45, 7) is 6.32. The Balaban J connectivity index is 2.05. The normalized spacial score (nSPS) is 22.1. The van der Waals surface area contributed by atoms with E-state index in [4.69, 9.17) is 11.6 Å². The van der Waals surface area contributed by atoms with Gasteiger partial charge in [-0.1, -0.05) is 11.6 Å². The van der Waals surface area contributed by atoms with Crippen molar-refractivity contribution in [2.45, 2.75) is 19.5 Å². The molecule has 2 heterocycles. The fraction of sp³-hybridized carbons (Fsp3) is 0.615. The topological polar surface area (TPSA) is 31.4 Å². The molecule has 1 aromatic rings. The van der Waals surface area contributed by atoms with Gasteiger partial charge in [-0.2, -0.15) is 0 Å². The maximum Gasteiger partial charge on any atom is 0.126 e. The van der Waals surface area contributed by atoms with E-state index in [1.165, 1.54) is 0 Å². The number of rotatable bonds is 3. The SMILES string of the molecule is CNc1ccc(Cl)c(CN2CCN(C)C(C)C2)n1. The smallest absolute Gasteiger partial charge is 0.126 e. The molecule has 1 aliphatic heterocycles. The van der Waals surface area contributed by atoms with Gasteiger partial charge in [0, 0.05) is 39.3 Å². The monoisotopic (exact) mass is 268 g/mol. The van der Waals surface area contributed by atoms with Crippen LogP contribution in [0.5, 0.6) is 0 Å². The molecule has 5 heteroatoms. The van der Waals surface area contributed by atoms with Crippen LogP contribution in [-0.4, -0.2) is 54.6 Å². The Bertz CT molecular complexity index is 410. The molecule has 0 aliphatic carbocycles. The van der Waals surface area contributed by atoms with Crippen molar-refractivity contribution in [3.8, 4) is 0 Å². The molecule has 1 saturated heterocycles. The van der Waals surface area contributed by atoms with Crippen molar-refractivity contribution in [1.82, 2.24) is 14.8 Å². The van der Waals surface area contributed by atoms with E-state index in [0.29, 0.717) is 6.04 Å². The molecule has 2 rings (SSSR count). The molecule has 0 amide bonds. The fourth-order valence-electron chi connectivity index (χ4n) is 2.21. The first-order valence-electron chi connectivity index (χ1n) is 6.36. The summed E-state index contributed by atoms with van der Waals surface area (Å²) < 4.78 is 0. The summed E-state index contributed by atoms with van der Waals surface area (Å²) in [5.74, 6) is 0.872. The predicted octanol–water partition coefficient (Wildman–Crippen LogP) is 1.91. The highest BCUT2D eigenvalue weighted by Gasteiger charge is 2.21. The number of piperazine rings is 1. The van der Waals surface area contributed by atoms with Crippen LogP contribution in [0.3, 0.4) is 0 Å². The first-order chi connectivity index (χ1) is 8.60. The van der Waals surface area contributed by atoms with Crippen LogP contribution in [0, 0.1) is 0 Å². The number of pyridine rings is 1. The lowest BCUT2D eigenvalue weighted by Gasteiger charge is -2.37. The minimum atomic E-state index is 0.588. The van der Waals surface area contributed by atoms with Gasteiger partial charge in [0.15, 0.2) is 0 Å². The van der Waals surface area contributed by atoms with E-state index in [1.807, 2.05) is 19.2 Å². The van der Waals surface area contributed by atoms with Crippen LogP contribution in [0.25, 0.3) is 0 Å². The highest BCUT2D eigenvalue weighted by molar-refractivity contribution is 6.31. The molecule has 1 fully saturated rings. The highest BCUT2D eigenvalue weighted by Crippen LogP contribution is 2.19. The summed E-state index contributed by atoms with van der Waals surface area (Å²) in [5, 5.41) is 3.80. The second-order valence-electron chi connectivity index (χ2n) is 4.94. The number of likely N-dealkylation sites (N-methyl/N-ethyl adjacent to an activating group) is 1. The van der Waals surface area contributed by atoms with Crippen molar-refractivity contribution >= 4 is 17.4 Å². The minimum Gasteiger partial charge on any atom is -0.373 e. The Morgan fingerprint density at radius 3 is 2.89 bits per heavy atom. The number of halogens is 1. The van der Waals surface area contributed by atoms with E-state index in [2.05, 4.69) is 34.1 Å². The molecule has 1 aliphatic rings. The second-order valence-corrected chi connectivity index (χ2v) is 5.35. The fourth-order valence-corrected chi connectivity index (χ4v) is 2.38. The number of hydrogen-bond donors (Lipinski definition) is 1. The Hall–Kier alpha value is -0.840. The third-order valence-corrected chi connectivity index (χ3v) is 3.94. The minimum absolute atomic E-state index is 0.588. The summed E-state index contributed by atoms with van der Waals surface area (Å²) in [5.41, 5.74) is 0.959. The van der Waals surface area contributed by atoms with Crippen molar-refractivity contribution in [2.24, 2.45) is 0 Å². The molecule has 18 heavy (non-hydrogen) atoms. The van der Waals surface area contributed by atoms with Crippen LogP contribution in [0.2, 0.25) is 5.02 Å². The molecule has 0 bridgehead atoms. The zero-order valence-corrected chi connectivity index (χ0v) is 12.0. The van der Waals surface area contributed by atoms with Gasteiger partial charge < -0.3 is 10.2 Å². The lowest BCUT2D eigenvalue weighted by atomic mass is 10.2. The molecular formula is C13H21ClN4.